The zero-order chi connectivity index (χ0) is 14.8. The van der Waals surface area contributed by atoms with Gasteiger partial charge in [-0.25, -0.2) is 0 Å². The van der Waals surface area contributed by atoms with E-state index in [0.29, 0.717) is 5.95 Å². The molecule has 0 amide bonds. The second-order valence-corrected chi connectivity index (χ2v) is 6.02. The van der Waals surface area contributed by atoms with Crippen LogP contribution in [0.5, 0.6) is 0 Å². The number of benzene rings is 1. The van der Waals surface area contributed by atoms with E-state index in [1.54, 1.807) is 11.8 Å². The number of rotatable bonds is 4. The molecule has 108 valence electrons. The van der Waals surface area contributed by atoms with Crippen molar-refractivity contribution in [3.63, 3.8) is 0 Å². The zero-order valence-corrected chi connectivity index (χ0v) is 12.8. The second-order valence-electron chi connectivity index (χ2n) is 5.08. The van der Waals surface area contributed by atoms with Gasteiger partial charge in [-0.05, 0) is 31.5 Å². The number of pyridine rings is 1. The summed E-state index contributed by atoms with van der Waals surface area (Å²) in [6.45, 7) is 4.15. The van der Waals surface area contributed by atoms with Gasteiger partial charge in [0.25, 0.3) is 0 Å². The van der Waals surface area contributed by atoms with Crippen LogP contribution in [0.4, 0.5) is 5.95 Å². The summed E-state index contributed by atoms with van der Waals surface area (Å²) < 4.78 is 1.95. The number of fused-ring (bicyclic) bond motifs is 1. The molecule has 1 aromatic carbocycles. The van der Waals surface area contributed by atoms with Crippen molar-refractivity contribution in [3.05, 3.63) is 42.1 Å². The van der Waals surface area contributed by atoms with Gasteiger partial charge in [-0.15, -0.1) is 10.2 Å². The fraction of sp³-hybridized carbons (Fsp3) is 0.267. The Morgan fingerprint density at radius 2 is 2.00 bits per heavy atom. The summed E-state index contributed by atoms with van der Waals surface area (Å²) in [6.07, 6.45) is 1.85. The molecule has 0 aliphatic carbocycles. The molecule has 0 atom stereocenters. The molecule has 3 aromatic rings. The Bertz CT molecular complexity index is 760. The molecule has 0 unspecified atom stereocenters. The van der Waals surface area contributed by atoms with Gasteiger partial charge in [0.15, 0.2) is 5.16 Å². The number of aromatic nitrogens is 4. The molecule has 0 aliphatic rings. The molecule has 2 heterocycles. The number of para-hydroxylation sites is 1. The second kappa shape index (κ2) is 5.73. The van der Waals surface area contributed by atoms with Crippen LogP contribution in [0, 0.1) is 0 Å². The first-order chi connectivity index (χ1) is 10.2. The lowest BCUT2D eigenvalue weighted by Crippen LogP contribution is -2.07. The van der Waals surface area contributed by atoms with E-state index in [1.807, 2.05) is 29.0 Å². The van der Waals surface area contributed by atoms with E-state index in [2.05, 4.69) is 41.2 Å². The van der Waals surface area contributed by atoms with Crippen molar-refractivity contribution in [2.75, 3.05) is 5.73 Å². The summed E-state index contributed by atoms with van der Waals surface area (Å²) in [4.78, 5) is 4.38. The average Bonchev–Trinajstić information content (AvgIpc) is 2.86. The van der Waals surface area contributed by atoms with Crippen LogP contribution in [0.15, 0.2) is 41.7 Å². The van der Waals surface area contributed by atoms with Gasteiger partial charge in [-0.3, -0.25) is 9.55 Å². The molecule has 2 aromatic heterocycles. The van der Waals surface area contributed by atoms with Gasteiger partial charge in [-0.2, -0.15) is 0 Å². The maximum atomic E-state index is 5.87. The van der Waals surface area contributed by atoms with Gasteiger partial charge >= 0.3 is 0 Å². The van der Waals surface area contributed by atoms with Crippen molar-refractivity contribution in [3.8, 4) is 0 Å². The van der Waals surface area contributed by atoms with E-state index < -0.39 is 0 Å². The van der Waals surface area contributed by atoms with Crippen LogP contribution >= 0.6 is 11.8 Å². The van der Waals surface area contributed by atoms with Gasteiger partial charge < -0.3 is 5.73 Å². The summed E-state index contributed by atoms with van der Waals surface area (Å²) in [5.74, 6) is 1.28. The molecule has 0 bridgehead atoms. The van der Waals surface area contributed by atoms with Gasteiger partial charge in [0.05, 0.1) is 5.52 Å². The van der Waals surface area contributed by atoms with Crippen molar-refractivity contribution in [1.29, 1.82) is 0 Å². The van der Waals surface area contributed by atoms with Crippen LogP contribution < -0.4 is 5.73 Å². The molecule has 0 radical (unpaired) electrons. The highest BCUT2D eigenvalue weighted by Crippen LogP contribution is 2.28. The van der Waals surface area contributed by atoms with Crippen LogP contribution in [0.2, 0.25) is 0 Å². The standard InChI is InChI=1S/C15H17N5S/c1-10(2)20-14(16)18-19-15(20)21-9-11-7-8-17-13-6-4-3-5-12(11)13/h3-8,10H,9H2,1-2H3,(H2,16,18). The molecule has 0 saturated carbocycles. The Morgan fingerprint density at radius 3 is 2.81 bits per heavy atom. The maximum absolute atomic E-state index is 5.87. The molecular weight excluding hydrogens is 282 g/mol. The summed E-state index contributed by atoms with van der Waals surface area (Å²) in [7, 11) is 0. The third-order valence-electron chi connectivity index (χ3n) is 3.30. The first-order valence-corrected chi connectivity index (χ1v) is 7.81. The molecule has 5 nitrogen and oxygen atoms in total. The Morgan fingerprint density at radius 1 is 1.19 bits per heavy atom. The Hall–Kier alpha value is -2.08. The molecule has 2 N–H and O–H groups in total. The largest absolute Gasteiger partial charge is 0.368 e. The highest BCUT2D eigenvalue weighted by Gasteiger charge is 2.13. The molecule has 0 spiro atoms. The Kier molecular flexibility index (Phi) is 3.79. The molecule has 0 saturated heterocycles. The predicted octanol–water partition coefficient (Wildman–Crippen LogP) is 3.28. The van der Waals surface area contributed by atoms with Gasteiger partial charge in [0.1, 0.15) is 0 Å². The number of nitrogen functional groups attached to an aromatic ring is 1. The molecular formula is C15H17N5S. The highest BCUT2D eigenvalue weighted by molar-refractivity contribution is 7.98. The van der Waals surface area contributed by atoms with Crippen molar-refractivity contribution in [2.24, 2.45) is 0 Å². The van der Waals surface area contributed by atoms with E-state index in [9.17, 15) is 0 Å². The maximum Gasteiger partial charge on any atom is 0.222 e. The summed E-state index contributed by atoms with van der Waals surface area (Å²) >= 11 is 1.65. The van der Waals surface area contributed by atoms with Gasteiger partial charge in [-0.1, -0.05) is 30.0 Å². The van der Waals surface area contributed by atoms with E-state index in [4.69, 9.17) is 5.73 Å². The first kappa shape index (κ1) is 13.9. The lowest BCUT2D eigenvalue weighted by atomic mass is 10.1. The Balaban J connectivity index is 1.87. The Labute approximate surface area is 127 Å². The average molecular weight is 299 g/mol. The minimum absolute atomic E-state index is 0.247. The molecule has 21 heavy (non-hydrogen) atoms. The fourth-order valence-corrected chi connectivity index (χ4v) is 3.37. The number of hydrogen-bond donors (Lipinski definition) is 1. The number of thioether (sulfide) groups is 1. The molecule has 6 heteroatoms. The molecule has 0 fully saturated rings. The van der Waals surface area contributed by atoms with Gasteiger partial charge in [0.2, 0.25) is 5.95 Å². The quantitative estimate of drug-likeness (QED) is 0.749. The third kappa shape index (κ3) is 2.71. The van der Waals surface area contributed by atoms with E-state index in [-0.39, 0.29) is 6.04 Å². The lowest BCUT2D eigenvalue weighted by molar-refractivity contribution is 0.557. The summed E-state index contributed by atoms with van der Waals surface area (Å²) in [5.41, 5.74) is 8.12. The number of anilines is 1. The number of nitrogens with two attached hydrogens (primary N) is 1. The minimum atomic E-state index is 0.247. The van der Waals surface area contributed by atoms with Crippen LogP contribution in [-0.4, -0.2) is 19.7 Å². The van der Waals surface area contributed by atoms with Crippen LogP contribution in [0.25, 0.3) is 10.9 Å². The smallest absolute Gasteiger partial charge is 0.222 e. The van der Waals surface area contributed by atoms with Crippen molar-refractivity contribution in [1.82, 2.24) is 19.7 Å². The van der Waals surface area contributed by atoms with E-state index in [1.165, 1.54) is 10.9 Å². The van der Waals surface area contributed by atoms with Crippen molar-refractivity contribution >= 4 is 28.6 Å². The van der Waals surface area contributed by atoms with Gasteiger partial charge in [0, 0.05) is 23.4 Å². The van der Waals surface area contributed by atoms with Crippen LogP contribution in [0.1, 0.15) is 25.5 Å². The summed E-state index contributed by atoms with van der Waals surface area (Å²) in [6, 6.07) is 10.5. The van der Waals surface area contributed by atoms with Crippen molar-refractivity contribution in [2.45, 2.75) is 30.8 Å². The monoisotopic (exact) mass is 299 g/mol. The summed E-state index contributed by atoms with van der Waals surface area (Å²) in [5, 5.41) is 10.2. The topological polar surface area (TPSA) is 69.6 Å². The number of hydrogen-bond acceptors (Lipinski definition) is 5. The minimum Gasteiger partial charge on any atom is -0.368 e. The molecule has 3 rings (SSSR count). The van der Waals surface area contributed by atoms with Crippen LogP contribution in [-0.2, 0) is 5.75 Å². The third-order valence-corrected chi connectivity index (χ3v) is 4.30. The first-order valence-electron chi connectivity index (χ1n) is 6.82. The van der Waals surface area contributed by atoms with E-state index >= 15 is 0 Å². The van der Waals surface area contributed by atoms with Crippen molar-refractivity contribution < 1.29 is 0 Å². The van der Waals surface area contributed by atoms with Crippen LogP contribution in [0.3, 0.4) is 0 Å². The van der Waals surface area contributed by atoms with E-state index in [0.717, 1.165) is 16.4 Å². The SMILES string of the molecule is CC(C)n1c(N)nnc1SCc1ccnc2ccccc12. The molecule has 0 aliphatic heterocycles. The predicted molar refractivity (Wildman–Crippen MR) is 86.1 cm³/mol. The highest BCUT2D eigenvalue weighted by atomic mass is 32.2. The fourth-order valence-electron chi connectivity index (χ4n) is 2.30. The zero-order valence-electron chi connectivity index (χ0n) is 12.0. The number of nitrogens with zero attached hydrogens (tertiary/aromatic N) is 4. The lowest BCUT2D eigenvalue weighted by Gasteiger charge is -2.11. The normalized spacial score (nSPS) is 11.4.